The highest BCUT2D eigenvalue weighted by atomic mass is 35.5. The Hall–Kier alpha value is -1.74. The summed E-state index contributed by atoms with van der Waals surface area (Å²) in [5.74, 6) is 0.387. The van der Waals surface area contributed by atoms with Gasteiger partial charge < -0.3 is 5.32 Å². The highest BCUT2D eigenvalue weighted by Crippen LogP contribution is 2.27. The molecule has 4 heteroatoms. The van der Waals surface area contributed by atoms with Gasteiger partial charge in [-0.2, -0.15) is 5.10 Å². The van der Waals surface area contributed by atoms with Crippen molar-refractivity contribution < 1.29 is 0 Å². The molecule has 3 rings (SSSR count). The molecule has 0 fully saturated rings. The van der Waals surface area contributed by atoms with E-state index < -0.39 is 0 Å². The molecule has 1 aromatic rings. The van der Waals surface area contributed by atoms with Crippen LogP contribution < -0.4 is 5.32 Å². The molecule has 2 unspecified atom stereocenters. The quantitative estimate of drug-likeness (QED) is 0.924. The van der Waals surface area contributed by atoms with E-state index in [1.54, 1.807) is 0 Å². The van der Waals surface area contributed by atoms with Gasteiger partial charge >= 0.3 is 0 Å². The molecule has 0 saturated carbocycles. The summed E-state index contributed by atoms with van der Waals surface area (Å²) in [6, 6.07) is 8.30. The van der Waals surface area contributed by atoms with Crippen molar-refractivity contribution in [3.05, 3.63) is 58.8 Å². The number of fused-ring (bicyclic) bond motifs is 1. The lowest BCUT2D eigenvalue weighted by Crippen LogP contribution is -2.31. The minimum Gasteiger partial charge on any atom is -0.381 e. The predicted octanol–water partition coefficient (Wildman–Crippen LogP) is 3.19. The largest absolute Gasteiger partial charge is 0.381 e. The lowest BCUT2D eigenvalue weighted by molar-refractivity contribution is 0.306. The van der Waals surface area contributed by atoms with E-state index in [1.165, 1.54) is 11.3 Å². The van der Waals surface area contributed by atoms with Crippen LogP contribution in [0.4, 0.5) is 0 Å². The number of nitrogens with one attached hydrogen (secondary N) is 1. The lowest BCUT2D eigenvalue weighted by Gasteiger charge is -2.24. The molecule has 20 heavy (non-hydrogen) atoms. The maximum Gasteiger partial charge on any atom is 0.0767 e. The first-order valence-corrected chi connectivity index (χ1v) is 7.17. The predicted molar refractivity (Wildman–Crippen MR) is 83.7 cm³/mol. The zero-order chi connectivity index (χ0) is 14.1. The number of likely N-dealkylation sites (N-methyl/N-ethyl adjacent to an activating group) is 1. The summed E-state index contributed by atoms with van der Waals surface area (Å²) in [6.45, 7) is 2.89. The molecule has 0 radical (unpaired) electrons. The zero-order valence-corrected chi connectivity index (χ0v) is 12.4. The average Bonchev–Trinajstić information content (AvgIpc) is 2.73. The van der Waals surface area contributed by atoms with Gasteiger partial charge in [-0.15, -0.1) is 0 Å². The molecule has 2 atom stereocenters. The first-order valence-electron chi connectivity index (χ1n) is 6.80. The fraction of sp³-hybridized carbons (Fsp3) is 0.312. The van der Waals surface area contributed by atoms with Gasteiger partial charge in [0.25, 0.3) is 0 Å². The lowest BCUT2D eigenvalue weighted by atomic mass is 9.91. The standard InChI is InChI=1S/C16H18ClN3/c1-11-15-9-14(7-8-16(15)20(2)19-11)18-10-12-3-5-13(17)6-4-12/h3-9,15-16,18H,10H2,1-2H3. The van der Waals surface area contributed by atoms with Gasteiger partial charge in [-0.25, -0.2) is 0 Å². The second kappa shape index (κ2) is 5.33. The molecule has 1 aliphatic carbocycles. The molecule has 1 aromatic carbocycles. The van der Waals surface area contributed by atoms with Crippen molar-refractivity contribution in [3.8, 4) is 0 Å². The van der Waals surface area contributed by atoms with Gasteiger partial charge in [0.2, 0.25) is 0 Å². The Balaban J connectivity index is 1.66. The third-order valence-corrected chi connectivity index (χ3v) is 4.09. The summed E-state index contributed by atoms with van der Waals surface area (Å²) in [4.78, 5) is 0. The van der Waals surface area contributed by atoms with Crippen LogP contribution in [0, 0.1) is 5.92 Å². The Morgan fingerprint density at radius 2 is 2.05 bits per heavy atom. The maximum absolute atomic E-state index is 5.89. The molecule has 1 heterocycles. The number of hydrazone groups is 1. The molecule has 0 spiro atoms. The van der Waals surface area contributed by atoms with Crippen molar-refractivity contribution >= 4 is 17.3 Å². The number of halogens is 1. The van der Waals surface area contributed by atoms with E-state index in [-0.39, 0.29) is 0 Å². The van der Waals surface area contributed by atoms with E-state index in [0.29, 0.717) is 12.0 Å². The molecule has 0 aromatic heterocycles. The molecule has 104 valence electrons. The first kappa shape index (κ1) is 13.3. The second-order valence-electron chi connectivity index (χ2n) is 5.29. The number of hydrogen-bond acceptors (Lipinski definition) is 3. The minimum atomic E-state index is 0.371. The van der Waals surface area contributed by atoms with Crippen molar-refractivity contribution in [1.82, 2.24) is 10.3 Å². The van der Waals surface area contributed by atoms with Crippen LogP contribution in [0.2, 0.25) is 5.02 Å². The number of nitrogens with zero attached hydrogens (tertiary/aromatic N) is 2. The Bertz CT molecular complexity index is 586. The second-order valence-corrected chi connectivity index (χ2v) is 5.73. The molecule has 0 bridgehead atoms. The molecule has 1 N–H and O–H groups in total. The SMILES string of the molecule is CC1=NN(C)C2C=CC(NCc3ccc(Cl)cc3)=CC12. The van der Waals surface area contributed by atoms with Crippen LogP contribution >= 0.6 is 11.6 Å². The maximum atomic E-state index is 5.89. The molecular formula is C16H18ClN3. The fourth-order valence-corrected chi connectivity index (χ4v) is 2.83. The number of benzene rings is 1. The molecule has 0 saturated heterocycles. The monoisotopic (exact) mass is 287 g/mol. The zero-order valence-electron chi connectivity index (χ0n) is 11.7. The first-order chi connectivity index (χ1) is 9.63. The smallest absolute Gasteiger partial charge is 0.0767 e. The summed E-state index contributed by atoms with van der Waals surface area (Å²) in [5, 5.41) is 10.8. The van der Waals surface area contributed by atoms with Crippen LogP contribution in [0.15, 0.2) is 53.3 Å². The van der Waals surface area contributed by atoms with E-state index >= 15 is 0 Å². The summed E-state index contributed by atoms with van der Waals surface area (Å²) < 4.78 is 0. The van der Waals surface area contributed by atoms with Crippen LogP contribution in [0.1, 0.15) is 12.5 Å². The number of allylic oxidation sites excluding steroid dienone is 1. The molecule has 1 aliphatic heterocycles. The Kier molecular flexibility index (Phi) is 3.53. The normalized spacial score (nSPS) is 24.2. The topological polar surface area (TPSA) is 27.6 Å². The van der Waals surface area contributed by atoms with Crippen LogP contribution in [0.25, 0.3) is 0 Å². The van der Waals surface area contributed by atoms with Crippen LogP contribution in [0.5, 0.6) is 0 Å². The van der Waals surface area contributed by atoms with Crippen molar-refractivity contribution in [2.75, 3.05) is 7.05 Å². The average molecular weight is 288 g/mol. The molecule has 0 amide bonds. The Morgan fingerprint density at radius 3 is 2.80 bits per heavy atom. The Labute approximate surface area is 124 Å². The van der Waals surface area contributed by atoms with Crippen molar-refractivity contribution in [2.24, 2.45) is 11.0 Å². The molecule has 2 aliphatic rings. The summed E-state index contributed by atoms with van der Waals surface area (Å²) in [6.07, 6.45) is 6.62. The van der Waals surface area contributed by atoms with Gasteiger partial charge in [0, 0.05) is 35.9 Å². The van der Waals surface area contributed by atoms with E-state index in [2.05, 4.69) is 35.6 Å². The van der Waals surface area contributed by atoms with Crippen molar-refractivity contribution in [1.29, 1.82) is 0 Å². The van der Waals surface area contributed by atoms with Crippen LogP contribution in [0.3, 0.4) is 0 Å². The molecular weight excluding hydrogens is 270 g/mol. The Morgan fingerprint density at radius 1 is 1.30 bits per heavy atom. The van der Waals surface area contributed by atoms with Gasteiger partial charge in [-0.3, -0.25) is 5.01 Å². The van der Waals surface area contributed by atoms with Gasteiger partial charge in [0.1, 0.15) is 0 Å². The summed E-state index contributed by atoms with van der Waals surface area (Å²) in [7, 11) is 2.03. The number of hydrogen-bond donors (Lipinski definition) is 1. The summed E-state index contributed by atoms with van der Waals surface area (Å²) in [5.41, 5.74) is 3.55. The van der Waals surface area contributed by atoms with Crippen LogP contribution in [-0.4, -0.2) is 23.8 Å². The van der Waals surface area contributed by atoms with Crippen molar-refractivity contribution in [3.63, 3.8) is 0 Å². The third kappa shape index (κ3) is 2.59. The number of rotatable bonds is 3. The van der Waals surface area contributed by atoms with Gasteiger partial charge in [0.05, 0.1) is 6.04 Å². The van der Waals surface area contributed by atoms with Gasteiger partial charge in [0.15, 0.2) is 0 Å². The highest BCUT2D eigenvalue weighted by molar-refractivity contribution is 6.30. The van der Waals surface area contributed by atoms with Crippen molar-refractivity contribution in [2.45, 2.75) is 19.5 Å². The van der Waals surface area contributed by atoms with E-state index in [4.69, 9.17) is 11.6 Å². The summed E-state index contributed by atoms with van der Waals surface area (Å²) >= 11 is 5.89. The van der Waals surface area contributed by atoms with Crippen LogP contribution in [-0.2, 0) is 6.54 Å². The van der Waals surface area contributed by atoms with Gasteiger partial charge in [-0.1, -0.05) is 35.9 Å². The van der Waals surface area contributed by atoms with E-state index in [1.807, 2.05) is 36.3 Å². The van der Waals surface area contributed by atoms with E-state index in [0.717, 1.165) is 17.3 Å². The van der Waals surface area contributed by atoms with Gasteiger partial charge in [-0.05, 0) is 30.7 Å². The fourth-order valence-electron chi connectivity index (χ4n) is 2.70. The third-order valence-electron chi connectivity index (χ3n) is 3.84. The minimum absolute atomic E-state index is 0.371. The molecule has 3 nitrogen and oxygen atoms in total. The highest BCUT2D eigenvalue weighted by Gasteiger charge is 2.31. The van der Waals surface area contributed by atoms with E-state index in [9.17, 15) is 0 Å².